The van der Waals surface area contributed by atoms with Crippen molar-refractivity contribution in [2.75, 3.05) is 6.61 Å². The minimum absolute atomic E-state index is 0.228. The smallest absolute Gasteiger partial charge is 0.299 e. The Morgan fingerprint density at radius 1 is 1.56 bits per heavy atom. The molecule has 0 aromatic carbocycles. The minimum Gasteiger partial charge on any atom is -0.454 e. The Morgan fingerprint density at radius 3 is 3.12 bits per heavy atom. The SMILES string of the molecule is C=C1C=CN2C(=N1)OC1C2OC(CO)[C@@H]1O. The molecular formula is C10H12N2O4. The molecule has 2 saturated heterocycles. The third kappa shape index (κ3) is 1.21. The van der Waals surface area contributed by atoms with Gasteiger partial charge in [-0.25, -0.2) is 0 Å². The van der Waals surface area contributed by atoms with Crippen LogP contribution in [0.4, 0.5) is 0 Å². The lowest BCUT2D eigenvalue weighted by molar-refractivity contribution is -0.0474. The van der Waals surface area contributed by atoms with Crippen molar-refractivity contribution in [2.24, 2.45) is 4.99 Å². The first-order chi connectivity index (χ1) is 7.70. The number of ether oxygens (including phenoxy) is 2. The Kier molecular flexibility index (Phi) is 2.03. The van der Waals surface area contributed by atoms with Gasteiger partial charge in [-0.3, -0.25) is 4.90 Å². The van der Waals surface area contributed by atoms with Crippen molar-refractivity contribution in [1.29, 1.82) is 0 Å². The third-order valence-corrected chi connectivity index (χ3v) is 2.90. The van der Waals surface area contributed by atoms with Crippen LogP contribution in [0.5, 0.6) is 0 Å². The van der Waals surface area contributed by atoms with Gasteiger partial charge in [-0.2, -0.15) is 4.99 Å². The molecule has 4 atom stereocenters. The Hall–Kier alpha value is -1.37. The van der Waals surface area contributed by atoms with Gasteiger partial charge in [-0.15, -0.1) is 0 Å². The topological polar surface area (TPSA) is 74.5 Å². The summed E-state index contributed by atoms with van der Waals surface area (Å²) in [4.78, 5) is 5.79. The van der Waals surface area contributed by atoms with Crippen LogP contribution in [-0.2, 0) is 9.47 Å². The Bertz CT molecular complexity index is 392. The summed E-state index contributed by atoms with van der Waals surface area (Å²) in [5, 5.41) is 18.8. The van der Waals surface area contributed by atoms with Crippen LogP contribution in [0.3, 0.4) is 0 Å². The zero-order valence-electron chi connectivity index (χ0n) is 8.48. The van der Waals surface area contributed by atoms with Crippen molar-refractivity contribution in [3.63, 3.8) is 0 Å². The Labute approximate surface area is 92.1 Å². The maximum Gasteiger partial charge on any atom is 0.299 e. The Balaban J connectivity index is 1.88. The molecule has 0 aromatic rings. The van der Waals surface area contributed by atoms with Gasteiger partial charge >= 0.3 is 0 Å². The lowest BCUT2D eigenvalue weighted by atomic mass is 10.1. The second-order valence-corrected chi connectivity index (χ2v) is 3.93. The van der Waals surface area contributed by atoms with Gasteiger partial charge in [-0.05, 0) is 6.08 Å². The van der Waals surface area contributed by atoms with Crippen LogP contribution in [0.1, 0.15) is 0 Å². The summed E-state index contributed by atoms with van der Waals surface area (Å²) in [6.07, 6.45) is 1.11. The maximum absolute atomic E-state index is 9.83. The largest absolute Gasteiger partial charge is 0.454 e. The van der Waals surface area contributed by atoms with Crippen molar-refractivity contribution >= 4 is 6.02 Å². The molecule has 3 aliphatic heterocycles. The first kappa shape index (κ1) is 9.83. The zero-order valence-corrected chi connectivity index (χ0v) is 8.48. The Morgan fingerprint density at radius 2 is 2.38 bits per heavy atom. The van der Waals surface area contributed by atoms with Crippen molar-refractivity contribution in [3.8, 4) is 0 Å². The standard InChI is InChI=1S/C10H12N2O4/c1-5-2-3-12-9-8(16-10(12)11-5)7(14)6(4-13)15-9/h2-3,6-9,13-14H,1,4H2/t6?,7-,8?,9?/m0/s1. The molecule has 16 heavy (non-hydrogen) atoms. The van der Waals surface area contributed by atoms with E-state index in [-0.39, 0.29) is 6.61 Å². The summed E-state index contributed by atoms with van der Waals surface area (Å²) in [5.41, 5.74) is 0.597. The molecule has 2 N–H and O–H groups in total. The molecule has 0 saturated carbocycles. The number of aliphatic hydroxyl groups is 2. The highest BCUT2D eigenvalue weighted by molar-refractivity contribution is 5.80. The van der Waals surface area contributed by atoms with Gasteiger partial charge in [0.2, 0.25) is 0 Å². The number of nitrogens with zero attached hydrogens (tertiary/aromatic N) is 2. The molecule has 86 valence electrons. The molecule has 6 nitrogen and oxygen atoms in total. The van der Waals surface area contributed by atoms with Gasteiger partial charge in [0.1, 0.15) is 12.2 Å². The van der Waals surface area contributed by atoms with Gasteiger partial charge in [0.15, 0.2) is 12.3 Å². The van der Waals surface area contributed by atoms with E-state index >= 15 is 0 Å². The summed E-state index contributed by atoms with van der Waals surface area (Å²) >= 11 is 0. The van der Waals surface area contributed by atoms with Gasteiger partial charge in [0, 0.05) is 6.20 Å². The van der Waals surface area contributed by atoms with Gasteiger partial charge in [0.05, 0.1) is 12.3 Å². The molecule has 3 rings (SSSR count). The van der Waals surface area contributed by atoms with E-state index in [1.165, 1.54) is 0 Å². The predicted octanol–water partition coefficient (Wildman–Crippen LogP) is -0.838. The number of rotatable bonds is 1. The van der Waals surface area contributed by atoms with Crippen molar-refractivity contribution in [3.05, 3.63) is 24.6 Å². The van der Waals surface area contributed by atoms with E-state index in [1.807, 2.05) is 0 Å². The van der Waals surface area contributed by atoms with Crippen LogP contribution in [0.25, 0.3) is 0 Å². The number of hydrogen-bond acceptors (Lipinski definition) is 6. The molecule has 0 aromatic heterocycles. The molecule has 0 spiro atoms. The van der Waals surface area contributed by atoms with E-state index in [2.05, 4.69) is 11.6 Å². The quantitative estimate of drug-likeness (QED) is 0.607. The molecule has 3 unspecified atom stereocenters. The highest BCUT2D eigenvalue weighted by atomic mass is 16.6. The van der Waals surface area contributed by atoms with E-state index in [4.69, 9.17) is 14.6 Å². The molecule has 0 amide bonds. The molecule has 0 aliphatic carbocycles. The van der Waals surface area contributed by atoms with E-state index < -0.39 is 24.5 Å². The number of amidine groups is 1. The molecule has 3 aliphatic rings. The van der Waals surface area contributed by atoms with E-state index in [0.29, 0.717) is 11.7 Å². The minimum atomic E-state index is -0.843. The summed E-state index contributed by atoms with van der Waals surface area (Å²) in [5.74, 6) is 0. The van der Waals surface area contributed by atoms with E-state index in [9.17, 15) is 5.11 Å². The molecule has 2 fully saturated rings. The first-order valence-electron chi connectivity index (χ1n) is 5.06. The normalized spacial score (nSPS) is 40.5. The van der Waals surface area contributed by atoms with Crippen LogP contribution in [-0.4, -0.2) is 52.3 Å². The lowest BCUT2D eigenvalue weighted by Gasteiger charge is -2.21. The fraction of sp³-hybridized carbons (Fsp3) is 0.500. The molecule has 6 heteroatoms. The number of aliphatic imine (C=N–C) groups is 1. The molecule has 0 radical (unpaired) electrons. The third-order valence-electron chi connectivity index (χ3n) is 2.90. The first-order valence-corrected chi connectivity index (χ1v) is 5.06. The monoisotopic (exact) mass is 224 g/mol. The molecule has 0 bridgehead atoms. The zero-order chi connectivity index (χ0) is 11.3. The highest BCUT2D eigenvalue weighted by Crippen LogP contribution is 2.34. The average molecular weight is 224 g/mol. The second-order valence-electron chi connectivity index (χ2n) is 3.93. The fourth-order valence-electron chi connectivity index (χ4n) is 2.07. The number of fused-ring (bicyclic) bond motifs is 3. The predicted molar refractivity (Wildman–Crippen MR) is 54.2 cm³/mol. The van der Waals surface area contributed by atoms with Crippen LogP contribution >= 0.6 is 0 Å². The lowest BCUT2D eigenvalue weighted by Crippen LogP contribution is -2.33. The highest BCUT2D eigenvalue weighted by Gasteiger charge is 2.54. The maximum atomic E-state index is 9.83. The van der Waals surface area contributed by atoms with Gasteiger partial charge in [0.25, 0.3) is 6.02 Å². The summed E-state index contributed by atoms with van der Waals surface area (Å²) in [7, 11) is 0. The van der Waals surface area contributed by atoms with Crippen LogP contribution in [0, 0.1) is 0 Å². The molecular weight excluding hydrogens is 212 g/mol. The van der Waals surface area contributed by atoms with Crippen LogP contribution in [0.15, 0.2) is 29.5 Å². The number of allylic oxidation sites excluding steroid dienone is 1. The van der Waals surface area contributed by atoms with E-state index in [1.54, 1.807) is 17.2 Å². The fourth-order valence-corrected chi connectivity index (χ4v) is 2.07. The molecule has 3 heterocycles. The second kappa shape index (κ2) is 3.31. The van der Waals surface area contributed by atoms with Gasteiger partial charge in [-0.1, -0.05) is 6.58 Å². The van der Waals surface area contributed by atoms with Crippen molar-refractivity contribution < 1.29 is 19.7 Å². The van der Waals surface area contributed by atoms with Crippen LogP contribution in [0.2, 0.25) is 0 Å². The average Bonchev–Trinajstić information content (AvgIpc) is 2.75. The summed E-state index contributed by atoms with van der Waals surface area (Å²) in [6, 6.07) is 0.387. The van der Waals surface area contributed by atoms with Gasteiger partial charge < -0.3 is 19.7 Å². The van der Waals surface area contributed by atoms with Crippen molar-refractivity contribution in [1.82, 2.24) is 4.90 Å². The number of hydrogen-bond donors (Lipinski definition) is 2. The summed E-state index contributed by atoms with van der Waals surface area (Å²) in [6.45, 7) is 3.47. The van der Waals surface area contributed by atoms with Crippen molar-refractivity contribution in [2.45, 2.75) is 24.5 Å². The number of aliphatic hydroxyl groups excluding tert-OH is 2. The van der Waals surface area contributed by atoms with E-state index in [0.717, 1.165) is 0 Å². The van der Waals surface area contributed by atoms with Crippen LogP contribution < -0.4 is 0 Å². The summed E-state index contributed by atoms with van der Waals surface area (Å²) < 4.78 is 11.0.